The molecule has 0 saturated carbocycles. The minimum atomic E-state index is -2.94. The molecule has 2 fully saturated rings. The fourth-order valence-electron chi connectivity index (χ4n) is 2.99. The van der Waals surface area contributed by atoms with Crippen molar-refractivity contribution in [1.82, 2.24) is 9.34 Å². The molecule has 1 unspecified atom stereocenters. The van der Waals surface area contributed by atoms with Crippen molar-refractivity contribution in [2.75, 3.05) is 26.2 Å². The lowest BCUT2D eigenvalue weighted by Gasteiger charge is -2.24. The predicted molar refractivity (Wildman–Crippen MR) is 90.9 cm³/mol. The van der Waals surface area contributed by atoms with Crippen LogP contribution >= 0.6 is 7.67 Å². The molecule has 126 valence electrons. The van der Waals surface area contributed by atoms with Crippen molar-refractivity contribution >= 4 is 24.1 Å². The average Bonchev–Trinajstić information content (AvgIpc) is 3.44. The maximum atomic E-state index is 13.2. The first-order chi connectivity index (χ1) is 11.5. The summed E-state index contributed by atoms with van der Waals surface area (Å²) < 4.78 is 22.9. The predicted octanol–water partition coefficient (Wildman–Crippen LogP) is 3.56. The van der Waals surface area contributed by atoms with E-state index in [0.29, 0.717) is 5.39 Å². The van der Waals surface area contributed by atoms with E-state index in [1.165, 1.54) is 6.07 Å². The maximum absolute atomic E-state index is 13.2. The highest BCUT2D eigenvalue weighted by Gasteiger charge is 2.50. The summed E-state index contributed by atoms with van der Waals surface area (Å²) in [5.41, 5.74) is 0.891. The molecule has 2 aliphatic rings. The molecule has 0 spiro atoms. The van der Waals surface area contributed by atoms with E-state index in [9.17, 15) is 14.7 Å². The first-order valence-electron chi connectivity index (χ1n) is 7.96. The summed E-state index contributed by atoms with van der Waals surface area (Å²) in [6.07, 6.45) is -0.414. The largest absolute Gasteiger partial charge is 0.346 e. The van der Waals surface area contributed by atoms with Crippen molar-refractivity contribution < 1.29 is 14.0 Å². The number of nitrogens with zero attached hydrogens (tertiary/aromatic N) is 3. The lowest BCUT2D eigenvalue weighted by Crippen LogP contribution is -2.11. The van der Waals surface area contributed by atoms with Crippen molar-refractivity contribution in [2.45, 2.75) is 13.0 Å². The summed E-state index contributed by atoms with van der Waals surface area (Å²) in [6.45, 7) is 5.03. The van der Waals surface area contributed by atoms with E-state index in [0.717, 1.165) is 37.1 Å². The van der Waals surface area contributed by atoms with Gasteiger partial charge in [0.25, 0.3) is 5.69 Å². The highest BCUT2D eigenvalue weighted by molar-refractivity contribution is 7.54. The number of hydrogen-bond acceptors (Lipinski definition) is 4. The highest BCUT2D eigenvalue weighted by atomic mass is 31.2. The molecule has 24 heavy (non-hydrogen) atoms. The van der Waals surface area contributed by atoms with Crippen LogP contribution in [-0.4, -0.2) is 40.4 Å². The second-order valence-corrected chi connectivity index (χ2v) is 8.45. The number of nitro groups is 1. The van der Waals surface area contributed by atoms with Crippen LogP contribution in [0.15, 0.2) is 36.4 Å². The summed E-state index contributed by atoms with van der Waals surface area (Å²) in [7, 11) is -2.94. The van der Waals surface area contributed by atoms with Gasteiger partial charge in [0, 0.05) is 32.2 Å². The van der Waals surface area contributed by atoms with Crippen molar-refractivity contribution in [3.63, 3.8) is 0 Å². The zero-order valence-electron chi connectivity index (χ0n) is 13.3. The Balaban J connectivity index is 1.72. The molecule has 4 rings (SSSR count). The van der Waals surface area contributed by atoms with Gasteiger partial charge in [0.15, 0.2) is 0 Å². The van der Waals surface area contributed by atoms with Crippen LogP contribution in [0, 0.1) is 10.1 Å². The second-order valence-electron chi connectivity index (χ2n) is 6.12. The lowest BCUT2D eigenvalue weighted by molar-refractivity contribution is -0.383. The van der Waals surface area contributed by atoms with Crippen LogP contribution < -0.4 is 0 Å². The summed E-state index contributed by atoms with van der Waals surface area (Å²) in [6, 6.07) is 10.4. The molecule has 7 nitrogen and oxygen atoms in total. The van der Waals surface area contributed by atoms with E-state index < -0.39 is 13.8 Å². The van der Waals surface area contributed by atoms with E-state index in [-0.39, 0.29) is 10.6 Å². The SMILES string of the molecule is CC(OP(=O)(N1CC1)N1CC1)c1ccc([N+](=O)[O-])c2ccccc12. The van der Waals surface area contributed by atoms with Gasteiger partial charge in [0.05, 0.1) is 16.4 Å². The van der Waals surface area contributed by atoms with Crippen LogP contribution in [0.25, 0.3) is 10.8 Å². The quantitative estimate of drug-likeness (QED) is 0.344. The molecule has 0 amide bonds. The molecule has 2 heterocycles. The van der Waals surface area contributed by atoms with E-state index >= 15 is 0 Å². The van der Waals surface area contributed by atoms with Crippen molar-refractivity contribution in [3.8, 4) is 0 Å². The van der Waals surface area contributed by atoms with E-state index in [4.69, 9.17) is 4.52 Å². The van der Waals surface area contributed by atoms with Gasteiger partial charge in [-0.1, -0.05) is 18.2 Å². The number of nitro benzene ring substituents is 1. The molecule has 0 aliphatic carbocycles. The molecule has 0 N–H and O–H groups in total. The minimum Gasteiger partial charge on any atom is -0.298 e. The van der Waals surface area contributed by atoms with Gasteiger partial charge in [0.1, 0.15) is 0 Å². The van der Waals surface area contributed by atoms with Crippen LogP contribution in [0.3, 0.4) is 0 Å². The topological polar surface area (TPSA) is 75.5 Å². The summed E-state index contributed by atoms with van der Waals surface area (Å²) in [5.74, 6) is 0. The summed E-state index contributed by atoms with van der Waals surface area (Å²) in [5, 5.41) is 12.6. The van der Waals surface area contributed by atoms with Gasteiger partial charge in [-0.05, 0) is 30.0 Å². The number of rotatable bonds is 6. The standard InChI is InChI=1S/C16H18N3O4P/c1-12(23-24(22,17-8-9-17)18-10-11-18)13-6-7-16(19(20)21)15-5-3-2-4-14(13)15/h2-7,12H,8-11H2,1H3. The zero-order valence-corrected chi connectivity index (χ0v) is 14.2. The molecule has 1 atom stereocenters. The van der Waals surface area contributed by atoms with Crippen molar-refractivity contribution in [1.29, 1.82) is 0 Å². The van der Waals surface area contributed by atoms with Gasteiger partial charge in [-0.25, -0.2) is 9.34 Å². The number of non-ortho nitro benzene ring substituents is 1. The molecule has 0 bridgehead atoms. The van der Waals surface area contributed by atoms with Crippen LogP contribution in [0.2, 0.25) is 0 Å². The number of hydrogen-bond donors (Lipinski definition) is 0. The van der Waals surface area contributed by atoms with Gasteiger partial charge in [0.2, 0.25) is 0 Å². The van der Waals surface area contributed by atoms with Gasteiger partial charge >= 0.3 is 7.67 Å². The molecular formula is C16H18N3O4P. The summed E-state index contributed by atoms with van der Waals surface area (Å²) >= 11 is 0. The normalized spacial score (nSPS) is 19.4. The Morgan fingerprint density at radius 1 is 1.08 bits per heavy atom. The molecule has 2 saturated heterocycles. The van der Waals surface area contributed by atoms with Crippen LogP contribution in [0.4, 0.5) is 5.69 Å². The van der Waals surface area contributed by atoms with Gasteiger partial charge in [-0.2, -0.15) is 0 Å². The Morgan fingerprint density at radius 2 is 1.67 bits per heavy atom. The molecule has 2 aromatic carbocycles. The van der Waals surface area contributed by atoms with Crippen LogP contribution in [0.1, 0.15) is 18.6 Å². The third-order valence-electron chi connectivity index (χ3n) is 4.43. The monoisotopic (exact) mass is 347 g/mol. The Kier molecular flexibility index (Phi) is 3.69. The Morgan fingerprint density at radius 3 is 2.21 bits per heavy atom. The third kappa shape index (κ3) is 2.63. The van der Waals surface area contributed by atoms with E-state index in [1.807, 2.05) is 28.4 Å². The molecule has 2 aliphatic heterocycles. The fraction of sp³-hybridized carbons (Fsp3) is 0.375. The summed E-state index contributed by atoms with van der Waals surface area (Å²) in [4.78, 5) is 10.9. The van der Waals surface area contributed by atoms with E-state index in [1.54, 1.807) is 18.2 Å². The molecule has 2 aromatic rings. The first kappa shape index (κ1) is 15.7. The van der Waals surface area contributed by atoms with Crippen LogP contribution in [0.5, 0.6) is 0 Å². The highest BCUT2D eigenvalue weighted by Crippen LogP contribution is 2.63. The third-order valence-corrected chi connectivity index (χ3v) is 7.25. The molecular weight excluding hydrogens is 329 g/mol. The second kappa shape index (κ2) is 5.63. The zero-order chi connectivity index (χ0) is 16.9. The van der Waals surface area contributed by atoms with Crippen molar-refractivity contribution in [3.05, 3.63) is 52.1 Å². The maximum Gasteiger partial charge on any atom is 0.346 e. The Hall–Kier alpha value is -1.79. The van der Waals surface area contributed by atoms with Gasteiger partial charge < -0.3 is 0 Å². The van der Waals surface area contributed by atoms with Gasteiger partial charge in [-0.15, -0.1) is 0 Å². The Bertz CT molecular complexity index is 848. The van der Waals surface area contributed by atoms with Gasteiger partial charge in [-0.3, -0.25) is 19.2 Å². The minimum absolute atomic E-state index is 0.0709. The lowest BCUT2D eigenvalue weighted by atomic mass is 10.00. The average molecular weight is 347 g/mol. The molecule has 0 radical (unpaired) electrons. The number of fused-ring (bicyclic) bond motifs is 1. The van der Waals surface area contributed by atoms with Crippen LogP contribution in [-0.2, 0) is 9.09 Å². The molecule has 8 heteroatoms. The number of benzene rings is 2. The smallest absolute Gasteiger partial charge is 0.298 e. The Labute approximate surface area is 139 Å². The molecule has 0 aromatic heterocycles. The first-order valence-corrected chi connectivity index (χ1v) is 9.49. The van der Waals surface area contributed by atoms with E-state index in [2.05, 4.69) is 0 Å². The van der Waals surface area contributed by atoms with Crippen molar-refractivity contribution in [2.24, 2.45) is 0 Å². The fourth-order valence-corrected chi connectivity index (χ4v) is 5.33.